The van der Waals surface area contributed by atoms with Crippen molar-refractivity contribution in [1.82, 2.24) is 20.0 Å². The maximum absolute atomic E-state index is 12.2. The highest BCUT2D eigenvalue weighted by molar-refractivity contribution is 5.84. The van der Waals surface area contributed by atoms with E-state index >= 15 is 0 Å². The fraction of sp³-hybridized carbons (Fsp3) is 0.300. The van der Waals surface area contributed by atoms with Crippen molar-refractivity contribution < 1.29 is 19.0 Å². The molecular weight excluding hydrogens is 374 g/mol. The predicted octanol–water partition coefficient (Wildman–Crippen LogP) is 2.30. The van der Waals surface area contributed by atoms with Crippen LogP contribution in [0, 0.1) is 0 Å². The maximum atomic E-state index is 12.2. The number of anilines is 1. The summed E-state index contributed by atoms with van der Waals surface area (Å²) in [5.74, 6) is 0. The summed E-state index contributed by atoms with van der Waals surface area (Å²) in [6.45, 7) is 0.677. The second-order valence-electron chi connectivity index (χ2n) is 6.90. The van der Waals surface area contributed by atoms with Crippen LogP contribution in [0.3, 0.4) is 0 Å². The number of hydrogen-bond donors (Lipinski definition) is 1. The molecule has 4 heterocycles. The quantitative estimate of drug-likeness (QED) is 0.726. The first-order valence-electron chi connectivity index (χ1n) is 9.37. The first kappa shape index (κ1) is 17.8. The van der Waals surface area contributed by atoms with Crippen molar-refractivity contribution in [2.45, 2.75) is 24.4 Å². The molecule has 4 atom stereocenters. The summed E-state index contributed by atoms with van der Waals surface area (Å²) in [5, 5.41) is 11.1. The molecule has 9 nitrogen and oxygen atoms in total. The van der Waals surface area contributed by atoms with Crippen molar-refractivity contribution in [3.63, 3.8) is 0 Å². The minimum absolute atomic E-state index is 0.143. The van der Waals surface area contributed by atoms with Gasteiger partial charge in [0, 0.05) is 11.9 Å². The van der Waals surface area contributed by atoms with Gasteiger partial charge >= 0.3 is 6.09 Å². The van der Waals surface area contributed by atoms with Crippen LogP contribution in [0.5, 0.6) is 0 Å². The highest BCUT2D eigenvalue weighted by Gasteiger charge is 2.50. The molecule has 29 heavy (non-hydrogen) atoms. The molecule has 2 fully saturated rings. The Labute approximate surface area is 166 Å². The predicted molar refractivity (Wildman–Crippen MR) is 102 cm³/mol. The van der Waals surface area contributed by atoms with Gasteiger partial charge in [0.05, 0.1) is 25.1 Å². The van der Waals surface area contributed by atoms with Gasteiger partial charge in [-0.1, -0.05) is 29.5 Å². The number of nitrogens with zero attached hydrogens (tertiary/aromatic N) is 4. The number of fused-ring (bicyclic) bond motifs is 1. The van der Waals surface area contributed by atoms with E-state index in [1.54, 1.807) is 23.0 Å². The van der Waals surface area contributed by atoms with Crippen LogP contribution in [0.15, 0.2) is 60.9 Å². The Morgan fingerprint density at radius 1 is 1.03 bits per heavy atom. The Hall–Kier alpha value is -3.30. The lowest BCUT2D eigenvalue weighted by atomic mass is 10.1. The van der Waals surface area contributed by atoms with Crippen LogP contribution in [-0.4, -0.2) is 57.6 Å². The van der Waals surface area contributed by atoms with Gasteiger partial charge in [0.15, 0.2) is 6.10 Å². The summed E-state index contributed by atoms with van der Waals surface area (Å²) >= 11 is 0. The largest absolute Gasteiger partial charge is 0.441 e. The number of ether oxygens (including phenoxy) is 3. The molecule has 1 amide bonds. The second-order valence-corrected chi connectivity index (χ2v) is 6.90. The van der Waals surface area contributed by atoms with Gasteiger partial charge in [-0.15, -0.1) is 5.10 Å². The molecule has 0 spiro atoms. The Kier molecular flexibility index (Phi) is 4.66. The van der Waals surface area contributed by atoms with Crippen molar-refractivity contribution in [2.75, 3.05) is 18.5 Å². The number of amides is 1. The van der Waals surface area contributed by atoms with E-state index in [0.29, 0.717) is 18.0 Å². The number of benzene rings is 1. The molecule has 2 aliphatic heterocycles. The van der Waals surface area contributed by atoms with Gasteiger partial charge in [-0.2, -0.15) is 0 Å². The first-order valence-corrected chi connectivity index (χ1v) is 9.37. The van der Waals surface area contributed by atoms with E-state index in [2.05, 4.69) is 20.6 Å². The number of nitrogens with one attached hydrogen (secondary N) is 1. The molecular formula is C20H19N5O4. The second kappa shape index (κ2) is 7.61. The van der Waals surface area contributed by atoms with Crippen LogP contribution in [0.4, 0.5) is 10.5 Å². The Bertz CT molecular complexity index is 981. The van der Waals surface area contributed by atoms with Crippen LogP contribution < -0.4 is 5.32 Å². The van der Waals surface area contributed by atoms with Gasteiger partial charge < -0.3 is 14.2 Å². The molecule has 2 aromatic heterocycles. The van der Waals surface area contributed by atoms with Crippen LogP contribution in [-0.2, 0) is 14.2 Å². The molecule has 0 aliphatic carbocycles. The average Bonchev–Trinajstić information content (AvgIpc) is 3.47. The average molecular weight is 393 g/mol. The SMILES string of the molecule is O=C(Nc1ccccc1)O[C@H]1CO[C@@H]2[C@@H]1OC[C@@H]2n1cc(-c2ccccn2)nn1. The molecule has 3 aromatic rings. The zero-order chi connectivity index (χ0) is 19.6. The normalized spacial score (nSPS) is 25.5. The number of carbonyl (C=O) groups excluding carboxylic acids is 1. The van der Waals surface area contributed by atoms with Gasteiger partial charge in [0.25, 0.3) is 0 Å². The van der Waals surface area contributed by atoms with Crippen molar-refractivity contribution in [3.05, 3.63) is 60.9 Å². The fourth-order valence-corrected chi connectivity index (χ4v) is 3.65. The minimum Gasteiger partial charge on any atom is -0.441 e. The van der Waals surface area contributed by atoms with Gasteiger partial charge in [-0.05, 0) is 24.3 Å². The van der Waals surface area contributed by atoms with Gasteiger partial charge in [-0.3, -0.25) is 10.3 Å². The molecule has 2 aliphatic rings. The number of carbonyl (C=O) groups is 1. The molecule has 5 rings (SSSR count). The zero-order valence-electron chi connectivity index (χ0n) is 15.4. The molecule has 9 heteroatoms. The standard InChI is InChI=1S/C20H19N5O4/c26-20(22-13-6-2-1-3-7-13)29-17-12-28-18-16(11-27-19(17)18)25-10-15(23-24-25)14-8-4-5-9-21-14/h1-10,16-19H,11-12H2,(H,22,26)/t16-,17-,18-,19+/m0/s1. The summed E-state index contributed by atoms with van der Waals surface area (Å²) in [5.41, 5.74) is 2.10. The monoisotopic (exact) mass is 393 g/mol. The van der Waals surface area contributed by atoms with Crippen molar-refractivity contribution in [2.24, 2.45) is 0 Å². The van der Waals surface area contributed by atoms with E-state index in [4.69, 9.17) is 14.2 Å². The molecule has 2 saturated heterocycles. The number of hydrogen-bond acceptors (Lipinski definition) is 7. The lowest BCUT2D eigenvalue weighted by molar-refractivity contribution is 0.00771. The third kappa shape index (κ3) is 3.57. The lowest BCUT2D eigenvalue weighted by Gasteiger charge is -2.17. The van der Waals surface area contributed by atoms with E-state index in [-0.39, 0.29) is 24.9 Å². The topological polar surface area (TPSA) is 100 Å². The van der Waals surface area contributed by atoms with Crippen LogP contribution in [0.1, 0.15) is 6.04 Å². The lowest BCUT2D eigenvalue weighted by Crippen LogP contribution is -2.34. The van der Waals surface area contributed by atoms with Crippen molar-refractivity contribution >= 4 is 11.8 Å². The molecule has 0 saturated carbocycles. The van der Waals surface area contributed by atoms with E-state index in [1.165, 1.54) is 0 Å². The van der Waals surface area contributed by atoms with Gasteiger partial charge in [0.1, 0.15) is 23.9 Å². The van der Waals surface area contributed by atoms with Crippen LogP contribution >= 0.6 is 0 Å². The van der Waals surface area contributed by atoms with Crippen LogP contribution in [0.2, 0.25) is 0 Å². The molecule has 148 valence electrons. The molecule has 0 bridgehead atoms. The number of pyridine rings is 1. The van der Waals surface area contributed by atoms with Crippen molar-refractivity contribution in [3.8, 4) is 11.4 Å². The summed E-state index contributed by atoms with van der Waals surface area (Å²) in [7, 11) is 0. The molecule has 0 radical (unpaired) electrons. The van der Waals surface area contributed by atoms with E-state index in [0.717, 1.165) is 5.69 Å². The Balaban J connectivity index is 1.24. The van der Waals surface area contributed by atoms with E-state index in [9.17, 15) is 4.79 Å². The third-order valence-corrected chi connectivity index (χ3v) is 5.04. The van der Waals surface area contributed by atoms with Crippen molar-refractivity contribution in [1.29, 1.82) is 0 Å². The Morgan fingerprint density at radius 2 is 1.86 bits per heavy atom. The van der Waals surface area contributed by atoms with E-state index in [1.807, 2.05) is 42.6 Å². The Morgan fingerprint density at radius 3 is 2.69 bits per heavy atom. The summed E-state index contributed by atoms with van der Waals surface area (Å²) < 4.78 is 19.0. The fourth-order valence-electron chi connectivity index (χ4n) is 3.65. The number of rotatable bonds is 4. The van der Waals surface area contributed by atoms with Crippen LogP contribution in [0.25, 0.3) is 11.4 Å². The molecule has 1 aromatic carbocycles. The van der Waals surface area contributed by atoms with Gasteiger partial charge in [-0.25, -0.2) is 9.48 Å². The van der Waals surface area contributed by atoms with E-state index < -0.39 is 12.2 Å². The maximum Gasteiger partial charge on any atom is 0.412 e. The minimum atomic E-state index is -0.532. The first-order chi connectivity index (χ1) is 14.3. The third-order valence-electron chi connectivity index (χ3n) is 5.04. The summed E-state index contributed by atoms with van der Waals surface area (Å²) in [6.07, 6.45) is 1.93. The molecule has 1 N–H and O–H groups in total. The highest BCUT2D eigenvalue weighted by Crippen LogP contribution is 2.35. The molecule has 0 unspecified atom stereocenters. The smallest absolute Gasteiger partial charge is 0.412 e. The highest BCUT2D eigenvalue weighted by atomic mass is 16.6. The zero-order valence-corrected chi connectivity index (χ0v) is 15.4. The van der Waals surface area contributed by atoms with Gasteiger partial charge in [0.2, 0.25) is 0 Å². The number of aromatic nitrogens is 4. The summed E-state index contributed by atoms with van der Waals surface area (Å²) in [4.78, 5) is 16.5. The number of para-hydroxylation sites is 1. The summed E-state index contributed by atoms with van der Waals surface area (Å²) in [6, 6.07) is 14.6.